The third-order valence-corrected chi connectivity index (χ3v) is 6.46. The molecule has 1 aromatic heterocycles. The van der Waals surface area contributed by atoms with Gasteiger partial charge in [-0.2, -0.15) is 5.10 Å². The molecule has 154 valence electrons. The molecule has 1 unspecified atom stereocenters. The highest BCUT2D eigenvalue weighted by Crippen LogP contribution is 2.57. The Morgan fingerprint density at radius 2 is 2.14 bits per heavy atom. The Kier molecular flexibility index (Phi) is 4.63. The topological polar surface area (TPSA) is 76.4 Å². The van der Waals surface area contributed by atoms with E-state index in [-0.39, 0.29) is 41.8 Å². The molecule has 2 fully saturated rings. The van der Waals surface area contributed by atoms with Crippen LogP contribution in [0.1, 0.15) is 46.9 Å². The standard InChI is InChI=1S/C21H23F2N3O3/c22-13-1-2-18(16(23)9-13)26-20-14-7-12(14)8-15(20)19(25-26)21(28)24-17(10-27)11-3-5-29-6-4-11/h1-2,9,11-12,14,17,27H,3-8,10H2,(H,24,28)/t12-,14-,17?/m1/s1. The Balaban J connectivity index is 1.46. The molecule has 8 heteroatoms. The number of fused-ring (bicyclic) bond motifs is 3. The van der Waals surface area contributed by atoms with Gasteiger partial charge >= 0.3 is 0 Å². The molecule has 29 heavy (non-hydrogen) atoms. The molecule has 2 aliphatic carbocycles. The minimum Gasteiger partial charge on any atom is -0.394 e. The number of benzene rings is 1. The maximum Gasteiger partial charge on any atom is 0.272 e. The quantitative estimate of drug-likeness (QED) is 0.804. The van der Waals surface area contributed by atoms with Crippen LogP contribution in [-0.2, 0) is 11.2 Å². The van der Waals surface area contributed by atoms with Crippen molar-refractivity contribution < 1.29 is 23.4 Å². The summed E-state index contributed by atoms with van der Waals surface area (Å²) in [6, 6.07) is 3.01. The average molecular weight is 403 g/mol. The summed E-state index contributed by atoms with van der Waals surface area (Å²) >= 11 is 0. The molecule has 2 aromatic rings. The summed E-state index contributed by atoms with van der Waals surface area (Å²) in [7, 11) is 0. The summed E-state index contributed by atoms with van der Waals surface area (Å²) in [6.45, 7) is 1.08. The van der Waals surface area contributed by atoms with E-state index < -0.39 is 11.6 Å². The van der Waals surface area contributed by atoms with Crippen LogP contribution in [0.5, 0.6) is 0 Å². The molecule has 0 spiro atoms. The highest BCUT2D eigenvalue weighted by molar-refractivity contribution is 5.94. The first-order valence-corrected chi connectivity index (χ1v) is 10.1. The lowest BCUT2D eigenvalue weighted by atomic mass is 9.92. The van der Waals surface area contributed by atoms with Crippen LogP contribution in [0.3, 0.4) is 0 Å². The van der Waals surface area contributed by atoms with Gasteiger partial charge in [-0.15, -0.1) is 0 Å². The molecule has 1 aromatic carbocycles. The van der Waals surface area contributed by atoms with Crippen LogP contribution in [0.4, 0.5) is 8.78 Å². The predicted octanol–water partition coefficient (Wildman–Crippen LogP) is 2.33. The van der Waals surface area contributed by atoms with Gasteiger partial charge in [0.1, 0.15) is 11.5 Å². The van der Waals surface area contributed by atoms with Crippen LogP contribution in [0.15, 0.2) is 18.2 Å². The minimum atomic E-state index is -0.707. The molecular formula is C21H23F2N3O3. The number of rotatable bonds is 5. The highest BCUT2D eigenvalue weighted by atomic mass is 19.1. The third kappa shape index (κ3) is 3.24. The van der Waals surface area contributed by atoms with E-state index in [0.717, 1.165) is 43.0 Å². The summed E-state index contributed by atoms with van der Waals surface area (Å²) in [4.78, 5) is 13.0. The van der Waals surface area contributed by atoms with Crippen LogP contribution in [-0.4, -0.2) is 46.7 Å². The van der Waals surface area contributed by atoms with E-state index in [2.05, 4.69) is 10.4 Å². The first-order chi connectivity index (χ1) is 14.1. The Bertz CT molecular complexity index is 955. The smallest absolute Gasteiger partial charge is 0.272 e. The summed E-state index contributed by atoms with van der Waals surface area (Å²) in [6.07, 6.45) is 3.31. The number of carbonyl (C=O) groups excluding carboxylic acids is 1. The van der Waals surface area contributed by atoms with Crippen LogP contribution >= 0.6 is 0 Å². The lowest BCUT2D eigenvalue weighted by molar-refractivity contribution is 0.0418. The molecule has 0 bridgehead atoms. The monoisotopic (exact) mass is 403 g/mol. The fourth-order valence-electron chi connectivity index (χ4n) is 4.80. The third-order valence-electron chi connectivity index (χ3n) is 6.46. The van der Waals surface area contributed by atoms with Gasteiger partial charge < -0.3 is 15.2 Å². The van der Waals surface area contributed by atoms with Crippen molar-refractivity contribution in [3.05, 3.63) is 46.8 Å². The zero-order valence-corrected chi connectivity index (χ0v) is 15.9. The highest BCUT2D eigenvalue weighted by Gasteiger charge is 2.50. The Morgan fingerprint density at radius 1 is 1.34 bits per heavy atom. The predicted molar refractivity (Wildman–Crippen MR) is 99.9 cm³/mol. The molecule has 3 atom stereocenters. The lowest BCUT2D eigenvalue weighted by Crippen LogP contribution is -2.45. The minimum absolute atomic E-state index is 0.149. The van der Waals surface area contributed by atoms with Crippen molar-refractivity contribution in [2.24, 2.45) is 11.8 Å². The Hall–Kier alpha value is -2.32. The molecule has 0 radical (unpaired) electrons. The van der Waals surface area contributed by atoms with Crippen LogP contribution < -0.4 is 5.32 Å². The number of halogens is 2. The number of carbonyl (C=O) groups is 1. The second-order valence-electron chi connectivity index (χ2n) is 8.24. The van der Waals surface area contributed by atoms with E-state index in [4.69, 9.17) is 4.74 Å². The molecule has 1 amide bonds. The zero-order chi connectivity index (χ0) is 20.1. The maximum absolute atomic E-state index is 14.4. The van der Waals surface area contributed by atoms with E-state index >= 15 is 0 Å². The van der Waals surface area contributed by atoms with Crippen molar-refractivity contribution in [2.45, 2.75) is 37.6 Å². The Morgan fingerprint density at radius 3 is 2.86 bits per heavy atom. The lowest BCUT2D eigenvalue weighted by Gasteiger charge is -2.29. The van der Waals surface area contributed by atoms with Gasteiger partial charge in [0, 0.05) is 30.8 Å². The van der Waals surface area contributed by atoms with Gasteiger partial charge in [0.25, 0.3) is 5.91 Å². The SMILES string of the molecule is O=C(NC(CO)C1CCOCC1)c1nn(-c2ccc(F)cc2F)c2c1C[C@H]1C[C@@H]21. The number of nitrogens with zero attached hydrogens (tertiary/aromatic N) is 2. The van der Waals surface area contributed by atoms with E-state index in [9.17, 15) is 18.7 Å². The molecule has 1 saturated heterocycles. The normalized spacial score (nSPS) is 24.1. The zero-order valence-electron chi connectivity index (χ0n) is 15.9. The number of ether oxygens (including phenoxy) is 1. The summed E-state index contributed by atoms with van der Waals surface area (Å²) in [5.41, 5.74) is 2.13. The fourth-order valence-corrected chi connectivity index (χ4v) is 4.80. The van der Waals surface area contributed by atoms with Crippen molar-refractivity contribution in [3.63, 3.8) is 0 Å². The summed E-state index contributed by atoms with van der Waals surface area (Å²) in [5, 5.41) is 17.2. The molecule has 5 rings (SSSR count). The number of hydrogen-bond donors (Lipinski definition) is 2. The molecule has 2 heterocycles. The van der Waals surface area contributed by atoms with Crippen LogP contribution in [0.2, 0.25) is 0 Å². The number of aromatic nitrogens is 2. The molecule has 3 aliphatic rings. The number of hydrogen-bond acceptors (Lipinski definition) is 4. The van der Waals surface area contributed by atoms with Crippen molar-refractivity contribution in [3.8, 4) is 5.69 Å². The van der Waals surface area contributed by atoms with Crippen molar-refractivity contribution >= 4 is 5.91 Å². The van der Waals surface area contributed by atoms with E-state index in [0.29, 0.717) is 19.1 Å². The molecular weight excluding hydrogens is 380 g/mol. The van der Waals surface area contributed by atoms with Gasteiger partial charge in [-0.3, -0.25) is 4.79 Å². The molecule has 1 aliphatic heterocycles. The van der Waals surface area contributed by atoms with Gasteiger partial charge in [-0.1, -0.05) is 0 Å². The van der Waals surface area contributed by atoms with Gasteiger partial charge in [-0.25, -0.2) is 13.5 Å². The molecule has 6 nitrogen and oxygen atoms in total. The van der Waals surface area contributed by atoms with Gasteiger partial charge in [0.15, 0.2) is 11.5 Å². The van der Waals surface area contributed by atoms with Crippen LogP contribution in [0, 0.1) is 23.5 Å². The maximum atomic E-state index is 14.4. The average Bonchev–Trinajstić information content (AvgIpc) is 3.23. The first-order valence-electron chi connectivity index (χ1n) is 10.1. The van der Waals surface area contributed by atoms with Crippen LogP contribution in [0.25, 0.3) is 5.69 Å². The summed E-state index contributed by atoms with van der Waals surface area (Å²) < 4.78 is 34.6. The van der Waals surface area contributed by atoms with Crippen molar-refractivity contribution in [1.29, 1.82) is 0 Å². The number of aliphatic hydroxyl groups is 1. The number of aliphatic hydroxyl groups excluding tert-OH is 1. The second-order valence-corrected chi connectivity index (χ2v) is 8.24. The van der Waals surface area contributed by atoms with E-state index in [1.54, 1.807) is 0 Å². The Labute approximate surface area is 166 Å². The van der Waals surface area contributed by atoms with E-state index in [1.165, 1.54) is 16.8 Å². The van der Waals surface area contributed by atoms with Gasteiger partial charge in [-0.05, 0) is 49.7 Å². The number of amides is 1. The van der Waals surface area contributed by atoms with Gasteiger partial charge in [0.05, 0.1) is 18.3 Å². The second kappa shape index (κ2) is 7.18. The largest absolute Gasteiger partial charge is 0.394 e. The first kappa shape index (κ1) is 18.7. The number of nitrogens with one attached hydrogen (secondary N) is 1. The van der Waals surface area contributed by atoms with Gasteiger partial charge in [0.2, 0.25) is 0 Å². The molecule has 1 saturated carbocycles. The fraction of sp³-hybridized carbons (Fsp3) is 0.524. The van der Waals surface area contributed by atoms with Crippen molar-refractivity contribution in [2.75, 3.05) is 19.8 Å². The summed E-state index contributed by atoms with van der Waals surface area (Å²) in [5.74, 6) is -0.826. The van der Waals surface area contributed by atoms with Crippen molar-refractivity contribution in [1.82, 2.24) is 15.1 Å². The van der Waals surface area contributed by atoms with E-state index in [1.807, 2.05) is 0 Å². The molecule has 2 N–H and O–H groups in total.